The van der Waals surface area contributed by atoms with Crippen LogP contribution in [0.2, 0.25) is 0 Å². The number of rotatable bonds is 6. The second kappa shape index (κ2) is 10.9. The lowest BCUT2D eigenvalue weighted by Gasteiger charge is -2.36. The minimum Gasteiger partial charge on any atom is -0.300 e. The first-order valence-electron chi connectivity index (χ1n) is 13.3. The SMILES string of the molecule is N#Cc1ccc(-c2cnn(Cc3cccc(C(=O)Nc4nc5c(s4)CC(N4CCCCC4)CC5)c3)c2)cc1. The fourth-order valence-electron chi connectivity index (χ4n) is 5.51. The van der Waals surface area contributed by atoms with Crippen LogP contribution in [0.5, 0.6) is 0 Å². The van der Waals surface area contributed by atoms with Crippen LogP contribution in [0.3, 0.4) is 0 Å². The number of amides is 1. The summed E-state index contributed by atoms with van der Waals surface area (Å²) in [5, 5.41) is 17.2. The molecule has 1 aliphatic heterocycles. The maximum absolute atomic E-state index is 13.1. The van der Waals surface area contributed by atoms with Gasteiger partial charge in [0.15, 0.2) is 5.13 Å². The number of aromatic nitrogens is 3. The Balaban J connectivity index is 1.10. The zero-order valence-electron chi connectivity index (χ0n) is 21.3. The number of piperidine rings is 1. The zero-order valence-corrected chi connectivity index (χ0v) is 22.1. The van der Waals surface area contributed by atoms with Gasteiger partial charge in [-0.05, 0) is 80.6 Å². The van der Waals surface area contributed by atoms with Crippen molar-refractivity contribution in [3.63, 3.8) is 0 Å². The molecule has 1 atom stereocenters. The van der Waals surface area contributed by atoms with Crippen LogP contribution in [0.1, 0.15) is 57.7 Å². The van der Waals surface area contributed by atoms with Gasteiger partial charge < -0.3 is 4.90 Å². The lowest BCUT2D eigenvalue weighted by molar-refractivity contribution is 0.102. The second-order valence-electron chi connectivity index (χ2n) is 10.2. The van der Waals surface area contributed by atoms with Crippen LogP contribution in [-0.2, 0) is 19.4 Å². The third kappa shape index (κ3) is 5.40. The van der Waals surface area contributed by atoms with Gasteiger partial charge in [-0.3, -0.25) is 14.8 Å². The highest BCUT2D eigenvalue weighted by molar-refractivity contribution is 7.15. The second-order valence-corrected chi connectivity index (χ2v) is 11.2. The molecule has 4 aromatic rings. The summed E-state index contributed by atoms with van der Waals surface area (Å²) >= 11 is 1.63. The molecule has 2 aromatic carbocycles. The molecule has 0 saturated carbocycles. The molecule has 1 fully saturated rings. The fraction of sp³-hybridized carbons (Fsp3) is 0.333. The van der Waals surface area contributed by atoms with Gasteiger partial charge in [-0.25, -0.2) is 4.98 Å². The normalized spacial score (nSPS) is 17.5. The van der Waals surface area contributed by atoms with Gasteiger partial charge in [0.1, 0.15) is 0 Å². The van der Waals surface area contributed by atoms with Gasteiger partial charge in [0, 0.05) is 28.2 Å². The smallest absolute Gasteiger partial charge is 0.257 e. The highest BCUT2D eigenvalue weighted by Crippen LogP contribution is 2.32. The minimum absolute atomic E-state index is 0.135. The number of benzene rings is 2. The molecule has 0 spiro atoms. The summed E-state index contributed by atoms with van der Waals surface area (Å²) < 4.78 is 1.86. The van der Waals surface area contributed by atoms with Gasteiger partial charge in [-0.2, -0.15) is 10.4 Å². The van der Waals surface area contributed by atoms with Crippen LogP contribution >= 0.6 is 11.3 Å². The topological polar surface area (TPSA) is 86.8 Å². The van der Waals surface area contributed by atoms with Crippen LogP contribution < -0.4 is 5.32 Å². The van der Waals surface area contributed by atoms with Gasteiger partial charge in [0.25, 0.3) is 5.91 Å². The molecule has 38 heavy (non-hydrogen) atoms. The van der Waals surface area contributed by atoms with E-state index in [2.05, 4.69) is 21.4 Å². The van der Waals surface area contributed by atoms with Crippen LogP contribution in [-0.4, -0.2) is 44.7 Å². The summed E-state index contributed by atoms with van der Waals surface area (Å²) in [5.41, 5.74) is 5.39. The molecule has 2 aromatic heterocycles. The summed E-state index contributed by atoms with van der Waals surface area (Å²) in [4.78, 5) is 21.8. The molecule has 7 nitrogen and oxygen atoms in total. The number of nitrogens with zero attached hydrogens (tertiary/aromatic N) is 5. The van der Waals surface area contributed by atoms with E-state index in [9.17, 15) is 4.79 Å². The molecule has 2 aliphatic rings. The Hall–Kier alpha value is -3.80. The lowest BCUT2D eigenvalue weighted by atomic mass is 9.94. The third-order valence-electron chi connectivity index (χ3n) is 7.56. The molecule has 8 heteroatoms. The summed E-state index contributed by atoms with van der Waals surface area (Å²) in [6, 6.07) is 17.9. The first kappa shape index (κ1) is 24.5. The number of thiazole rings is 1. The number of carbonyl (C=O) groups excluding carboxylic acids is 1. The van der Waals surface area contributed by atoms with Crippen LogP contribution in [0.15, 0.2) is 60.9 Å². The van der Waals surface area contributed by atoms with Crippen molar-refractivity contribution >= 4 is 22.4 Å². The number of likely N-dealkylation sites (tertiary alicyclic amines) is 1. The van der Waals surface area contributed by atoms with Gasteiger partial charge in [0.2, 0.25) is 0 Å². The predicted octanol–water partition coefficient (Wildman–Crippen LogP) is 5.52. The molecule has 1 saturated heterocycles. The molecule has 0 bridgehead atoms. The lowest BCUT2D eigenvalue weighted by Crippen LogP contribution is -2.42. The summed E-state index contributed by atoms with van der Waals surface area (Å²) in [7, 11) is 0. The Morgan fingerprint density at radius 2 is 1.95 bits per heavy atom. The maximum Gasteiger partial charge on any atom is 0.257 e. The van der Waals surface area contributed by atoms with E-state index >= 15 is 0 Å². The third-order valence-corrected chi connectivity index (χ3v) is 8.59. The van der Waals surface area contributed by atoms with Crippen molar-refractivity contribution in [3.05, 3.63) is 88.2 Å². The monoisotopic (exact) mass is 522 g/mol. The standard InChI is InChI=1S/C30H30N6OS/c31-17-21-7-9-23(10-8-21)25-18-32-36(20-25)19-22-5-4-6-24(15-22)29(37)34-30-33-27-12-11-26(16-28(27)38-30)35-13-2-1-3-14-35/h4-10,15,18,20,26H,1-3,11-14,16,19H2,(H,33,34,37). The van der Waals surface area contributed by atoms with Gasteiger partial charge >= 0.3 is 0 Å². The molecule has 6 rings (SSSR count). The number of aryl methyl sites for hydroxylation is 1. The Morgan fingerprint density at radius 1 is 1.11 bits per heavy atom. The highest BCUT2D eigenvalue weighted by Gasteiger charge is 2.28. The molecular formula is C30H30N6OS. The van der Waals surface area contributed by atoms with Gasteiger partial charge in [0.05, 0.1) is 30.1 Å². The quantitative estimate of drug-likeness (QED) is 0.360. The summed E-state index contributed by atoms with van der Waals surface area (Å²) in [6.45, 7) is 2.99. The fourth-order valence-corrected chi connectivity index (χ4v) is 6.58. The summed E-state index contributed by atoms with van der Waals surface area (Å²) in [5.74, 6) is -0.135. The van der Waals surface area contributed by atoms with Crippen LogP contribution in [0.25, 0.3) is 11.1 Å². The molecule has 192 valence electrons. The molecule has 1 unspecified atom stereocenters. The van der Waals surface area contributed by atoms with E-state index in [1.54, 1.807) is 23.5 Å². The van der Waals surface area contributed by atoms with Crippen molar-refractivity contribution in [1.82, 2.24) is 19.7 Å². The van der Waals surface area contributed by atoms with Crippen LogP contribution in [0, 0.1) is 11.3 Å². The first-order valence-corrected chi connectivity index (χ1v) is 14.1. The van der Waals surface area contributed by atoms with E-state index in [0.29, 0.717) is 28.8 Å². The number of hydrogen-bond donors (Lipinski definition) is 1. The largest absolute Gasteiger partial charge is 0.300 e. The van der Waals surface area contributed by atoms with E-state index in [1.165, 1.54) is 37.2 Å². The van der Waals surface area contributed by atoms with Crippen molar-refractivity contribution < 1.29 is 4.79 Å². The van der Waals surface area contributed by atoms with E-state index in [4.69, 9.17) is 10.2 Å². The van der Waals surface area contributed by atoms with E-state index in [1.807, 2.05) is 53.5 Å². The van der Waals surface area contributed by atoms with Crippen molar-refractivity contribution in [2.24, 2.45) is 0 Å². The minimum atomic E-state index is -0.135. The molecular weight excluding hydrogens is 492 g/mol. The Bertz CT molecular complexity index is 1480. The Kier molecular flexibility index (Phi) is 7.04. The average molecular weight is 523 g/mol. The first-order chi connectivity index (χ1) is 18.6. The molecule has 0 radical (unpaired) electrons. The maximum atomic E-state index is 13.1. The van der Waals surface area contributed by atoms with Crippen LogP contribution in [0.4, 0.5) is 5.13 Å². The van der Waals surface area contributed by atoms with Gasteiger partial charge in [-0.15, -0.1) is 11.3 Å². The number of hydrogen-bond acceptors (Lipinski definition) is 6. The number of fused-ring (bicyclic) bond motifs is 1. The van der Waals surface area contributed by atoms with E-state index in [0.717, 1.165) is 41.6 Å². The van der Waals surface area contributed by atoms with Crippen molar-refractivity contribution in [2.75, 3.05) is 18.4 Å². The molecule has 1 N–H and O–H groups in total. The molecule has 1 amide bonds. The number of nitrogens with one attached hydrogen (secondary N) is 1. The number of carbonyl (C=O) groups is 1. The van der Waals surface area contributed by atoms with Crippen molar-refractivity contribution in [2.45, 2.75) is 51.1 Å². The summed E-state index contributed by atoms with van der Waals surface area (Å²) in [6.07, 6.45) is 11.0. The van der Waals surface area contributed by atoms with Crippen molar-refractivity contribution in [1.29, 1.82) is 5.26 Å². The predicted molar refractivity (Wildman–Crippen MR) is 149 cm³/mol. The number of nitriles is 1. The number of anilines is 1. The zero-order chi connectivity index (χ0) is 25.9. The highest BCUT2D eigenvalue weighted by atomic mass is 32.1. The molecule has 3 heterocycles. The van der Waals surface area contributed by atoms with E-state index < -0.39 is 0 Å². The Morgan fingerprint density at radius 3 is 2.76 bits per heavy atom. The molecule has 1 aliphatic carbocycles. The van der Waals surface area contributed by atoms with E-state index in [-0.39, 0.29) is 5.91 Å². The Labute approximate surface area is 226 Å². The van der Waals surface area contributed by atoms with Crippen molar-refractivity contribution in [3.8, 4) is 17.2 Å². The van der Waals surface area contributed by atoms with Gasteiger partial charge in [-0.1, -0.05) is 30.7 Å². The average Bonchev–Trinajstić information content (AvgIpc) is 3.60.